The molecule has 2 aliphatic rings. The Kier molecular flexibility index (Phi) is 9.88. The first-order valence-electron chi connectivity index (χ1n) is 14.4. The molecule has 1 unspecified atom stereocenters. The molecule has 0 saturated heterocycles. The van der Waals surface area contributed by atoms with Crippen LogP contribution in [0.5, 0.6) is 0 Å². The Hall–Kier alpha value is -3.72. The predicted molar refractivity (Wildman–Crippen MR) is 171 cm³/mol. The first-order chi connectivity index (χ1) is 20.4. The summed E-state index contributed by atoms with van der Waals surface area (Å²) in [6, 6.07) is 0. The SMILES string of the molecule is C/C=C1C2=NC(=C\1C)/C=c1\[n-]/c(c(CCC(=O)O)c1C)=C\c1[n-]c(c(C)c1CCC(=O)O)/C=c1\[n-]/c(c(C)c1C(C)S)=C\2.[Fe+2]. The van der Waals surface area contributed by atoms with Crippen LogP contribution in [0.15, 0.2) is 27.9 Å². The van der Waals surface area contributed by atoms with Crippen molar-refractivity contribution in [3.8, 4) is 0 Å². The van der Waals surface area contributed by atoms with Gasteiger partial charge >= 0.3 is 29.0 Å². The minimum atomic E-state index is -0.892. The zero-order chi connectivity index (χ0) is 31.2. The predicted octanol–water partition coefficient (Wildman–Crippen LogP) is 2.41. The molecular formula is C34H35FeN4O4S-. The van der Waals surface area contributed by atoms with Crippen molar-refractivity contribution in [1.29, 1.82) is 0 Å². The molecule has 0 amide bonds. The number of carbonyl (C=O) groups is 2. The second kappa shape index (κ2) is 13.1. The van der Waals surface area contributed by atoms with Gasteiger partial charge in [-0.1, -0.05) is 58.2 Å². The van der Waals surface area contributed by atoms with E-state index in [2.05, 4.69) is 0 Å². The summed E-state index contributed by atoms with van der Waals surface area (Å²) >= 11 is 4.78. The van der Waals surface area contributed by atoms with Gasteiger partial charge in [-0.15, -0.1) is 32.8 Å². The maximum Gasteiger partial charge on any atom is 2.00 e. The standard InChI is InChI=1S/C34H37N4O4S.Fe/c1-7-21-16(2)24-12-25-17(3)22(8-10-32(39)40)29(36-25)15-30-23(9-11-33(41)42)18(4)26(37-30)14-31-34(20(6)43)19(5)27(38-31)13-28(21)35-24;/h7,12-15,20H,8-11H2,1-6H3,(H5-,35,36,37,38,39,40,41,42,43);/q-1;+2/p-2/b21-7-,25-12-;. The van der Waals surface area contributed by atoms with Crippen LogP contribution in [0.1, 0.15) is 83.6 Å². The average Bonchev–Trinajstić information content (AvgIpc) is 3.59. The summed E-state index contributed by atoms with van der Waals surface area (Å²) in [5.41, 5.74) is 10.4. The van der Waals surface area contributed by atoms with E-state index in [-0.39, 0.29) is 35.2 Å². The number of hydrogen-bond donors (Lipinski definition) is 3. The zero-order valence-electron chi connectivity index (χ0n) is 25.6. The molecule has 10 heteroatoms. The number of carboxylic acids is 2. The quantitative estimate of drug-likeness (QED) is 0.265. The number of aliphatic imine (C=N–C) groups is 1. The third kappa shape index (κ3) is 6.25. The number of hydrogen-bond acceptors (Lipinski definition) is 4. The first kappa shape index (κ1) is 33.2. The fourth-order valence-electron chi connectivity index (χ4n) is 5.99. The van der Waals surface area contributed by atoms with Crippen LogP contribution in [0.3, 0.4) is 0 Å². The van der Waals surface area contributed by atoms with Crippen molar-refractivity contribution >= 4 is 54.6 Å². The number of fused-ring (bicyclic) bond motifs is 7. The van der Waals surface area contributed by atoms with Gasteiger partial charge in [0.2, 0.25) is 0 Å². The van der Waals surface area contributed by atoms with Gasteiger partial charge in [0.25, 0.3) is 0 Å². The minimum Gasteiger partial charge on any atom is -0.657 e. The van der Waals surface area contributed by atoms with Crippen molar-refractivity contribution in [3.05, 3.63) is 89.1 Å². The van der Waals surface area contributed by atoms with E-state index in [1.165, 1.54) is 0 Å². The molecule has 8 bridgehead atoms. The Balaban J connectivity index is 0.00000442. The fourth-order valence-corrected chi connectivity index (χ4v) is 6.32. The molecule has 0 saturated carbocycles. The number of thiol groups is 1. The maximum atomic E-state index is 11.6. The summed E-state index contributed by atoms with van der Waals surface area (Å²) in [5.74, 6) is -1.78. The summed E-state index contributed by atoms with van der Waals surface area (Å²) in [5, 5.41) is 21.8. The van der Waals surface area contributed by atoms with Crippen LogP contribution in [0.2, 0.25) is 0 Å². The van der Waals surface area contributed by atoms with Gasteiger partial charge in [-0.3, -0.25) is 9.59 Å². The number of nitrogens with zero attached hydrogens (tertiary/aromatic N) is 4. The van der Waals surface area contributed by atoms with Gasteiger partial charge < -0.3 is 25.2 Å². The molecule has 230 valence electrons. The van der Waals surface area contributed by atoms with Crippen molar-refractivity contribution in [2.45, 2.75) is 72.5 Å². The molecule has 2 aliphatic heterocycles. The van der Waals surface area contributed by atoms with Crippen LogP contribution in [0.25, 0.3) is 24.3 Å². The zero-order valence-corrected chi connectivity index (χ0v) is 27.6. The smallest absolute Gasteiger partial charge is 0.657 e. The number of rotatable bonds is 7. The number of aliphatic carboxylic acids is 2. The molecule has 8 nitrogen and oxygen atoms in total. The van der Waals surface area contributed by atoms with Crippen molar-refractivity contribution in [2.75, 3.05) is 0 Å². The Morgan fingerprint density at radius 2 is 1.41 bits per heavy atom. The van der Waals surface area contributed by atoms with Crippen molar-refractivity contribution in [3.63, 3.8) is 0 Å². The largest absolute Gasteiger partial charge is 2.00 e. The van der Waals surface area contributed by atoms with E-state index in [0.717, 1.165) is 66.6 Å². The molecule has 0 fully saturated rings. The summed E-state index contributed by atoms with van der Waals surface area (Å²) in [6.07, 6.45) is 10.3. The van der Waals surface area contributed by atoms with Crippen molar-refractivity contribution in [1.82, 2.24) is 15.0 Å². The van der Waals surface area contributed by atoms with Gasteiger partial charge in [0.05, 0.1) is 11.4 Å². The van der Waals surface area contributed by atoms with E-state index < -0.39 is 11.9 Å². The number of carboxylic acid groups (broad SMARTS) is 2. The third-order valence-corrected chi connectivity index (χ3v) is 8.62. The van der Waals surface area contributed by atoms with E-state index >= 15 is 0 Å². The number of allylic oxidation sites excluding steroid dienone is 4. The van der Waals surface area contributed by atoms with Gasteiger partial charge in [0.15, 0.2) is 0 Å². The Morgan fingerprint density at radius 3 is 2.02 bits per heavy atom. The van der Waals surface area contributed by atoms with Crippen molar-refractivity contribution < 1.29 is 36.9 Å². The second-order valence-corrected chi connectivity index (χ2v) is 11.9. The molecule has 0 spiro atoms. The van der Waals surface area contributed by atoms with E-state index in [1.54, 1.807) is 0 Å². The van der Waals surface area contributed by atoms with Gasteiger partial charge in [-0.25, -0.2) is 4.99 Å². The first-order valence-corrected chi connectivity index (χ1v) is 14.9. The van der Waals surface area contributed by atoms with Crippen LogP contribution in [0.4, 0.5) is 0 Å². The topological polar surface area (TPSA) is 129 Å². The van der Waals surface area contributed by atoms with Crippen LogP contribution < -0.4 is 36.3 Å². The van der Waals surface area contributed by atoms with Crippen LogP contribution >= 0.6 is 12.6 Å². The Morgan fingerprint density at radius 1 is 0.818 bits per heavy atom. The Bertz CT molecular complexity index is 2020. The summed E-state index contributed by atoms with van der Waals surface area (Å²) in [4.78, 5) is 43.0. The number of aromatic nitrogens is 3. The molecule has 0 radical (unpaired) electrons. The molecule has 5 heterocycles. The average molecular weight is 652 g/mol. The van der Waals surface area contributed by atoms with Gasteiger partial charge in [0.1, 0.15) is 0 Å². The van der Waals surface area contributed by atoms with E-state index in [9.17, 15) is 19.8 Å². The monoisotopic (exact) mass is 651 g/mol. The summed E-state index contributed by atoms with van der Waals surface area (Å²) in [6.45, 7) is 12.0. The summed E-state index contributed by atoms with van der Waals surface area (Å²) < 4.78 is 0. The summed E-state index contributed by atoms with van der Waals surface area (Å²) in [7, 11) is 0. The molecule has 3 aromatic heterocycles. The van der Waals surface area contributed by atoms with Gasteiger partial charge in [0, 0.05) is 23.7 Å². The van der Waals surface area contributed by atoms with Crippen molar-refractivity contribution in [2.24, 2.45) is 4.99 Å². The molecule has 44 heavy (non-hydrogen) atoms. The normalized spacial score (nSPS) is 18.6. The second-order valence-electron chi connectivity index (χ2n) is 11.1. The minimum absolute atomic E-state index is 0. The molecule has 0 aromatic carbocycles. The van der Waals surface area contributed by atoms with E-state index in [1.807, 2.05) is 71.9 Å². The Labute approximate surface area is 272 Å². The van der Waals surface area contributed by atoms with Gasteiger partial charge in [-0.05, 0) is 65.5 Å². The van der Waals surface area contributed by atoms with E-state index in [0.29, 0.717) is 34.9 Å². The molecular weight excluding hydrogens is 616 g/mol. The third-order valence-electron chi connectivity index (χ3n) is 8.36. The van der Waals surface area contributed by atoms with Crippen LogP contribution in [-0.2, 0) is 39.5 Å². The van der Waals surface area contributed by atoms with Crippen LogP contribution in [0, 0.1) is 20.8 Å². The molecule has 2 N–H and O–H groups in total. The van der Waals surface area contributed by atoms with Gasteiger partial charge in [-0.2, -0.15) is 12.6 Å². The van der Waals surface area contributed by atoms with Crippen LogP contribution in [-0.4, -0.2) is 27.9 Å². The molecule has 1 atom stereocenters. The maximum absolute atomic E-state index is 11.6. The van der Waals surface area contributed by atoms with E-state index in [4.69, 9.17) is 32.6 Å². The fraction of sp³-hybridized carbons (Fsp3) is 0.324. The molecule has 3 aromatic rings. The molecule has 5 rings (SSSR count). The molecule has 0 aliphatic carbocycles.